The van der Waals surface area contributed by atoms with Crippen LogP contribution in [-0.2, 0) is 13.0 Å². The maximum Gasteiger partial charge on any atom is 0.191 e. The number of hydrogen-bond donors (Lipinski definition) is 1. The molecular formula is C15H13ClF3NO. The van der Waals surface area contributed by atoms with Gasteiger partial charge in [0.25, 0.3) is 0 Å². The molecule has 0 bridgehead atoms. The van der Waals surface area contributed by atoms with E-state index in [-0.39, 0.29) is 11.6 Å². The van der Waals surface area contributed by atoms with Crippen LogP contribution in [0, 0.1) is 17.5 Å². The van der Waals surface area contributed by atoms with Crippen LogP contribution in [0.1, 0.15) is 11.1 Å². The molecule has 0 saturated carbocycles. The summed E-state index contributed by atoms with van der Waals surface area (Å²) in [5.74, 6) is -2.73. The number of halogens is 4. The van der Waals surface area contributed by atoms with Gasteiger partial charge in [-0.05, 0) is 48.4 Å². The Morgan fingerprint density at radius 3 is 2.14 bits per heavy atom. The Balaban J connectivity index is 2.14. The number of hydrogen-bond acceptors (Lipinski definition) is 2. The van der Waals surface area contributed by atoms with Crippen molar-refractivity contribution in [1.29, 1.82) is 0 Å². The third-order valence-electron chi connectivity index (χ3n) is 2.86. The summed E-state index contributed by atoms with van der Waals surface area (Å²) in [6, 6.07) is 6.37. The van der Waals surface area contributed by atoms with E-state index in [0.29, 0.717) is 24.1 Å². The Morgan fingerprint density at radius 1 is 0.952 bits per heavy atom. The fourth-order valence-corrected chi connectivity index (χ4v) is 1.96. The maximum atomic E-state index is 13.8. The zero-order valence-corrected chi connectivity index (χ0v) is 11.8. The van der Waals surface area contributed by atoms with Crippen molar-refractivity contribution in [2.45, 2.75) is 13.0 Å². The fourth-order valence-electron chi connectivity index (χ4n) is 1.85. The van der Waals surface area contributed by atoms with Gasteiger partial charge in [0.1, 0.15) is 12.4 Å². The molecule has 0 fully saturated rings. The van der Waals surface area contributed by atoms with Gasteiger partial charge < -0.3 is 10.5 Å². The molecule has 0 radical (unpaired) electrons. The maximum absolute atomic E-state index is 13.8. The van der Waals surface area contributed by atoms with E-state index in [1.807, 2.05) is 0 Å². The van der Waals surface area contributed by atoms with Crippen molar-refractivity contribution in [3.05, 3.63) is 63.9 Å². The molecule has 0 atom stereocenters. The van der Waals surface area contributed by atoms with Gasteiger partial charge in [0.05, 0.1) is 5.02 Å². The van der Waals surface area contributed by atoms with Crippen molar-refractivity contribution < 1.29 is 17.9 Å². The van der Waals surface area contributed by atoms with Crippen molar-refractivity contribution >= 4 is 11.6 Å². The molecular weight excluding hydrogens is 303 g/mol. The molecule has 0 amide bonds. The molecule has 2 N–H and O–H groups in total. The number of nitrogens with two attached hydrogens (primary N) is 1. The summed E-state index contributed by atoms with van der Waals surface area (Å²) in [5, 5.41) is -0.0257. The van der Waals surface area contributed by atoms with Crippen molar-refractivity contribution in [3.8, 4) is 5.75 Å². The first-order valence-corrected chi connectivity index (χ1v) is 6.63. The van der Waals surface area contributed by atoms with Gasteiger partial charge >= 0.3 is 0 Å². The summed E-state index contributed by atoms with van der Waals surface area (Å²) >= 11 is 5.55. The van der Waals surface area contributed by atoms with E-state index in [9.17, 15) is 13.2 Å². The number of rotatable bonds is 5. The van der Waals surface area contributed by atoms with Gasteiger partial charge in [-0.3, -0.25) is 0 Å². The molecule has 0 saturated heterocycles. The van der Waals surface area contributed by atoms with Crippen LogP contribution in [0.3, 0.4) is 0 Å². The van der Waals surface area contributed by atoms with Gasteiger partial charge in [-0.25, -0.2) is 13.2 Å². The Kier molecular flexibility index (Phi) is 5.09. The molecule has 2 nitrogen and oxygen atoms in total. The lowest BCUT2D eigenvalue weighted by molar-refractivity contribution is 0.273. The summed E-state index contributed by atoms with van der Waals surface area (Å²) in [6.07, 6.45) is 0.372. The lowest BCUT2D eigenvalue weighted by Gasteiger charge is -2.10. The van der Waals surface area contributed by atoms with E-state index < -0.39 is 23.2 Å². The highest BCUT2D eigenvalue weighted by Crippen LogP contribution is 2.25. The molecule has 0 aliphatic heterocycles. The van der Waals surface area contributed by atoms with E-state index in [1.165, 1.54) is 24.3 Å². The van der Waals surface area contributed by atoms with Crippen molar-refractivity contribution in [2.24, 2.45) is 5.73 Å². The Hall–Kier alpha value is -1.72. The molecule has 0 aliphatic rings. The third-order valence-corrected chi connectivity index (χ3v) is 3.16. The van der Waals surface area contributed by atoms with Gasteiger partial charge in [0, 0.05) is 0 Å². The lowest BCUT2D eigenvalue weighted by Crippen LogP contribution is -2.05. The molecule has 0 aliphatic carbocycles. The molecule has 6 heteroatoms. The van der Waals surface area contributed by atoms with Crippen LogP contribution in [0.4, 0.5) is 13.2 Å². The molecule has 2 aromatic carbocycles. The second-order valence-corrected chi connectivity index (χ2v) is 4.87. The van der Waals surface area contributed by atoms with E-state index in [4.69, 9.17) is 22.1 Å². The minimum Gasteiger partial charge on any atom is -0.483 e. The summed E-state index contributed by atoms with van der Waals surface area (Å²) in [7, 11) is 0. The average Bonchev–Trinajstić information content (AvgIpc) is 2.42. The molecule has 2 rings (SSSR count). The van der Waals surface area contributed by atoms with Crippen LogP contribution in [0.2, 0.25) is 5.02 Å². The van der Waals surface area contributed by atoms with Crippen LogP contribution in [-0.4, -0.2) is 6.54 Å². The Labute approximate surface area is 125 Å². The van der Waals surface area contributed by atoms with E-state index in [1.54, 1.807) is 0 Å². The summed E-state index contributed by atoms with van der Waals surface area (Å²) in [4.78, 5) is 0. The van der Waals surface area contributed by atoms with Crippen LogP contribution in [0.25, 0.3) is 0 Å². The van der Waals surface area contributed by atoms with Gasteiger partial charge in [-0.2, -0.15) is 0 Å². The molecule has 2 aromatic rings. The fraction of sp³-hybridized carbons (Fsp3) is 0.200. The normalized spacial score (nSPS) is 10.7. The van der Waals surface area contributed by atoms with Gasteiger partial charge in [0.15, 0.2) is 17.4 Å². The van der Waals surface area contributed by atoms with Crippen molar-refractivity contribution in [2.75, 3.05) is 6.54 Å². The first-order chi connectivity index (χ1) is 10.0. The molecule has 112 valence electrons. The van der Waals surface area contributed by atoms with Crippen LogP contribution < -0.4 is 10.5 Å². The number of ether oxygens (including phenoxy) is 1. The van der Waals surface area contributed by atoms with Gasteiger partial charge in [0.2, 0.25) is 0 Å². The first kappa shape index (κ1) is 15.7. The SMILES string of the molecule is NCCc1cc(F)c(OCc2ccc(Cl)c(F)c2)c(F)c1. The third kappa shape index (κ3) is 3.89. The molecule has 0 heterocycles. The zero-order valence-electron chi connectivity index (χ0n) is 11.0. The smallest absolute Gasteiger partial charge is 0.191 e. The van der Waals surface area contributed by atoms with Crippen molar-refractivity contribution in [3.63, 3.8) is 0 Å². The summed E-state index contributed by atoms with van der Waals surface area (Å²) < 4.78 is 45.9. The number of benzene rings is 2. The monoisotopic (exact) mass is 315 g/mol. The minimum absolute atomic E-state index is 0.0257. The topological polar surface area (TPSA) is 35.2 Å². The van der Waals surface area contributed by atoms with Gasteiger partial charge in [-0.1, -0.05) is 17.7 Å². The summed E-state index contributed by atoms with van der Waals surface area (Å²) in [5.41, 5.74) is 6.21. The standard InChI is InChI=1S/C15H13ClF3NO/c16-11-2-1-10(7-12(11)17)8-21-15-13(18)5-9(3-4-20)6-14(15)19/h1-2,5-7H,3-4,8,20H2. The average molecular weight is 316 g/mol. The largest absolute Gasteiger partial charge is 0.483 e. The van der Waals surface area contributed by atoms with Crippen LogP contribution in [0.5, 0.6) is 5.75 Å². The van der Waals surface area contributed by atoms with Crippen LogP contribution in [0.15, 0.2) is 30.3 Å². The predicted molar refractivity (Wildman–Crippen MR) is 74.9 cm³/mol. The zero-order chi connectivity index (χ0) is 15.4. The van der Waals surface area contributed by atoms with E-state index in [2.05, 4.69) is 0 Å². The lowest BCUT2D eigenvalue weighted by atomic mass is 10.1. The van der Waals surface area contributed by atoms with E-state index >= 15 is 0 Å². The Morgan fingerprint density at radius 2 is 1.57 bits per heavy atom. The quantitative estimate of drug-likeness (QED) is 0.910. The van der Waals surface area contributed by atoms with Crippen molar-refractivity contribution in [1.82, 2.24) is 0 Å². The highest BCUT2D eigenvalue weighted by molar-refractivity contribution is 6.30. The first-order valence-electron chi connectivity index (χ1n) is 6.26. The second kappa shape index (κ2) is 6.83. The minimum atomic E-state index is -0.812. The molecule has 0 aromatic heterocycles. The highest BCUT2D eigenvalue weighted by atomic mass is 35.5. The van der Waals surface area contributed by atoms with Crippen LogP contribution >= 0.6 is 11.6 Å². The predicted octanol–water partition coefficient (Wildman–Crippen LogP) is 3.84. The molecule has 21 heavy (non-hydrogen) atoms. The molecule has 0 unspecified atom stereocenters. The second-order valence-electron chi connectivity index (χ2n) is 4.46. The van der Waals surface area contributed by atoms with E-state index in [0.717, 1.165) is 6.07 Å². The van der Waals surface area contributed by atoms with Gasteiger partial charge in [-0.15, -0.1) is 0 Å². The summed E-state index contributed by atoms with van der Waals surface area (Å²) in [6.45, 7) is 0.126. The molecule has 0 spiro atoms. The highest BCUT2D eigenvalue weighted by Gasteiger charge is 2.13. The Bertz CT molecular complexity index is 626.